The highest BCUT2D eigenvalue weighted by Crippen LogP contribution is 2.22. The van der Waals surface area contributed by atoms with Gasteiger partial charge in [0.05, 0.1) is 5.02 Å². The Morgan fingerprint density at radius 1 is 1.33 bits per heavy atom. The smallest absolute Gasteiger partial charge is 0.274 e. The summed E-state index contributed by atoms with van der Waals surface area (Å²) in [4.78, 5) is 25.6. The van der Waals surface area contributed by atoms with Crippen molar-refractivity contribution in [2.45, 2.75) is 39.7 Å². The van der Waals surface area contributed by atoms with E-state index < -0.39 is 0 Å². The van der Waals surface area contributed by atoms with Gasteiger partial charge in [-0.3, -0.25) is 9.59 Å². The topological polar surface area (TPSA) is 54.3 Å². The molecule has 118 valence electrons. The van der Waals surface area contributed by atoms with Crippen LogP contribution in [-0.2, 0) is 4.79 Å². The first-order chi connectivity index (χ1) is 9.97. The number of likely N-dealkylation sites (tertiary alicyclic amines) is 1. The summed E-state index contributed by atoms with van der Waals surface area (Å²) in [7, 11) is 2.07. The van der Waals surface area contributed by atoms with Crippen LogP contribution in [-0.4, -0.2) is 35.5 Å². The summed E-state index contributed by atoms with van der Waals surface area (Å²) in [5.41, 5.74) is 0.0630. The van der Waals surface area contributed by atoms with Crippen LogP contribution in [0.15, 0.2) is 17.1 Å². The molecule has 2 rings (SSSR count). The van der Waals surface area contributed by atoms with E-state index in [1.54, 1.807) is 10.8 Å². The number of nitrogens with one attached hydrogen (secondary N) is 1. The van der Waals surface area contributed by atoms with Crippen LogP contribution in [0.3, 0.4) is 0 Å². The second-order valence-electron chi connectivity index (χ2n) is 5.00. The summed E-state index contributed by atoms with van der Waals surface area (Å²) in [5, 5.41) is 3.00. The molecule has 0 saturated carbocycles. The van der Waals surface area contributed by atoms with Crippen molar-refractivity contribution in [2.75, 3.05) is 25.5 Å². The van der Waals surface area contributed by atoms with Crippen LogP contribution in [0.2, 0.25) is 5.02 Å². The molecule has 0 aromatic carbocycles. The average molecular weight is 314 g/mol. The van der Waals surface area contributed by atoms with Crippen LogP contribution in [0.1, 0.15) is 39.7 Å². The molecule has 0 radical (unpaired) electrons. The Morgan fingerprint density at radius 2 is 1.90 bits per heavy atom. The molecule has 1 fully saturated rings. The van der Waals surface area contributed by atoms with Gasteiger partial charge in [0.1, 0.15) is 5.69 Å². The van der Waals surface area contributed by atoms with Crippen LogP contribution in [0, 0.1) is 0 Å². The third-order valence-electron chi connectivity index (χ3n) is 3.40. The molecule has 1 aromatic rings. The predicted molar refractivity (Wildman–Crippen MR) is 87.1 cm³/mol. The van der Waals surface area contributed by atoms with Crippen molar-refractivity contribution in [3.8, 4) is 0 Å². The summed E-state index contributed by atoms with van der Waals surface area (Å²) < 4.78 is 1.65. The first-order valence-corrected chi connectivity index (χ1v) is 7.73. The maximum absolute atomic E-state index is 12.3. The first kappa shape index (κ1) is 17.7. The largest absolute Gasteiger partial charge is 0.322 e. The highest BCUT2D eigenvalue weighted by molar-refractivity contribution is 6.30. The molecule has 0 unspecified atom stereocenters. The standard InChI is InChI=1S/C13H18ClN3O2.C2H6/c1-9(18)15-12-7-10(14)8-17(13(12)19)11-3-5-16(2)6-4-11;1-2/h7-8,11H,3-6H2,1-2H3,(H,15,18);1-2H3. The average Bonchev–Trinajstić information content (AvgIpc) is 2.45. The molecule has 1 aliphatic heterocycles. The maximum atomic E-state index is 12.3. The third kappa shape index (κ3) is 4.86. The van der Waals surface area contributed by atoms with E-state index >= 15 is 0 Å². The fourth-order valence-corrected chi connectivity index (χ4v) is 2.61. The highest BCUT2D eigenvalue weighted by atomic mass is 35.5. The Morgan fingerprint density at radius 3 is 2.43 bits per heavy atom. The summed E-state index contributed by atoms with van der Waals surface area (Å²) in [6.45, 7) is 7.29. The quantitative estimate of drug-likeness (QED) is 0.913. The molecular weight excluding hydrogens is 290 g/mol. The van der Waals surface area contributed by atoms with Crippen molar-refractivity contribution in [1.82, 2.24) is 9.47 Å². The molecule has 1 aliphatic rings. The lowest BCUT2D eigenvalue weighted by atomic mass is 10.1. The van der Waals surface area contributed by atoms with Gasteiger partial charge in [-0.2, -0.15) is 0 Å². The lowest BCUT2D eigenvalue weighted by Gasteiger charge is -2.30. The predicted octanol–water partition coefficient (Wildman–Crippen LogP) is 2.75. The molecule has 1 saturated heterocycles. The fraction of sp³-hybridized carbons (Fsp3) is 0.600. The lowest BCUT2D eigenvalue weighted by Crippen LogP contribution is -2.36. The van der Waals surface area contributed by atoms with Crippen LogP contribution >= 0.6 is 11.6 Å². The molecule has 2 heterocycles. The minimum Gasteiger partial charge on any atom is -0.322 e. The number of hydrogen-bond donors (Lipinski definition) is 1. The fourth-order valence-electron chi connectivity index (χ4n) is 2.39. The molecule has 21 heavy (non-hydrogen) atoms. The minimum atomic E-state index is -0.269. The van der Waals surface area contributed by atoms with E-state index in [1.165, 1.54) is 13.0 Å². The number of carbonyl (C=O) groups is 1. The van der Waals surface area contributed by atoms with Gasteiger partial charge in [-0.25, -0.2) is 0 Å². The number of nitrogens with zero attached hydrogens (tertiary/aromatic N) is 2. The highest BCUT2D eigenvalue weighted by Gasteiger charge is 2.20. The van der Waals surface area contributed by atoms with E-state index in [2.05, 4.69) is 17.3 Å². The van der Waals surface area contributed by atoms with Gasteiger partial charge in [-0.15, -0.1) is 0 Å². The zero-order valence-electron chi connectivity index (χ0n) is 13.1. The van der Waals surface area contributed by atoms with Gasteiger partial charge in [0.2, 0.25) is 5.91 Å². The number of anilines is 1. The molecule has 0 bridgehead atoms. The van der Waals surface area contributed by atoms with Crippen LogP contribution in [0.25, 0.3) is 0 Å². The number of aromatic nitrogens is 1. The molecule has 1 aromatic heterocycles. The SMILES string of the molecule is CC.CC(=O)Nc1cc(Cl)cn(C2CCN(C)CC2)c1=O. The van der Waals surface area contributed by atoms with Crippen molar-refractivity contribution in [3.63, 3.8) is 0 Å². The van der Waals surface area contributed by atoms with Crippen LogP contribution in [0.4, 0.5) is 5.69 Å². The van der Waals surface area contributed by atoms with Crippen molar-refractivity contribution < 1.29 is 4.79 Å². The maximum Gasteiger partial charge on any atom is 0.274 e. The van der Waals surface area contributed by atoms with Crippen molar-refractivity contribution in [2.24, 2.45) is 0 Å². The number of amides is 1. The van der Waals surface area contributed by atoms with Gasteiger partial charge in [0, 0.05) is 19.2 Å². The Balaban J connectivity index is 0.00000106. The normalized spacial score (nSPS) is 16.0. The summed E-state index contributed by atoms with van der Waals surface area (Å²) in [5.74, 6) is -0.269. The molecular formula is C15H24ClN3O2. The molecule has 6 heteroatoms. The third-order valence-corrected chi connectivity index (χ3v) is 3.61. The summed E-state index contributed by atoms with van der Waals surface area (Å²) >= 11 is 6.03. The molecule has 1 amide bonds. The number of piperidine rings is 1. The minimum absolute atomic E-state index is 0.148. The molecule has 1 N–H and O–H groups in total. The van der Waals surface area contributed by atoms with Gasteiger partial charge >= 0.3 is 0 Å². The summed E-state index contributed by atoms with van der Waals surface area (Å²) in [6.07, 6.45) is 3.48. The molecule has 0 spiro atoms. The molecule has 0 aliphatic carbocycles. The van der Waals surface area contributed by atoms with Gasteiger partial charge in [-0.05, 0) is 39.0 Å². The van der Waals surface area contributed by atoms with E-state index in [4.69, 9.17) is 11.6 Å². The zero-order chi connectivity index (χ0) is 16.0. The number of rotatable bonds is 2. The second kappa shape index (κ2) is 8.20. The van der Waals surface area contributed by atoms with E-state index in [0.29, 0.717) is 5.02 Å². The van der Waals surface area contributed by atoms with E-state index in [1.807, 2.05) is 13.8 Å². The Hall–Kier alpha value is -1.33. The number of carbonyl (C=O) groups excluding carboxylic acids is 1. The summed E-state index contributed by atoms with van der Waals surface area (Å²) in [6, 6.07) is 1.64. The second-order valence-corrected chi connectivity index (χ2v) is 5.44. The molecule has 0 atom stereocenters. The van der Waals surface area contributed by atoms with Gasteiger partial charge in [0.15, 0.2) is 0 Å². The van der Waals surface area contributed by atoms with E-state index in [-0.39, 0.29) is 23.2 Å². The van der Waals surface area contributed by atoms with E-state index in [0.717, 1.165) is 25.9 Å². The monoisotopic (exact) mass is 313 g/mol. The van der Waals surface area contributed by atoms with Crippen molar-refractivity contribution >= 4 is 23.2 Å². The lowest BCUT2D eigenvalue weighted by molar-refractivity contribution is -0.114. The van der Waals surface area contributed by atoms with Crippen LogP contribution in [0.5, 0.6) is 0 Å². The number of pyridine rings is 1. The Bertz CT molecular complexity index is 534. The van der Waals surface area contributed by atoms with Crippen molar-refractivity contribution in [1.29, 1.82) is 0 Å². The number of halogens is 1. The Kier molecular flexibility index (Phi) is 6.92. The molecule has 5 nitrogen and oxygen atoms in total. The number of hydrogen-bond acceptors (Lipinski definition) is 3. The van der Waals surface area contributed by atoms with E-state index in [9.17, 15) is 9.59 Å². The first-order valence-electron chi connectivity index (χ1n) is 7.35. The van der Waals surface area contributed by atoms with Gasteiger partial charge in [0.25, 0.3) is 5.56 Å². The van der Waals surface area contributed by atoms with Crippen LogP contribution < -0.4 is 10.9 Å². The van der Waals surface area contributed by atoms with Crippen molar-refractivity contribution in [3.05, 3.63) is 27.6 Å². The Labute approximate surface area is 130 Å². The van der Waals surface area contributed by atoms with Gasteiger partial charge < -0.3 is 14.8 Å². The van der Waals surface area contributed by atoms with Gasteiger partial charge in [-0.1, -0.05) is 25.4 Å². The zero-order valence-corrected chi connectivity index (χ0v) is 13.9.